The Bertz CT molecular complexity index is 685. The van der Waals surface area contributed by atoms with Crippen molar-refractivity contribution in [2.75, 3.05) is 12.3 Å². The lowest BCUT2D eigenvalue weighted by Gasteiger charge is -2.61. The zero-order valence-corrected chi connectivity index (χ0v) is 14.8. The number of carbonyl (C=O) groups excluding carboxylic acids is 1. The van der Waals surface area contributed by atoms with Gasteiger partial charge in [-0.2, -0.15) is 0 Å². The number of carbonyl (C=O) groups is 1. The van der Waals surface area contributed by atoms with Crippen LogP contribution in [0.25, 0.3) is 0 Å². The molecule has 2 unspecified atom stereocenters. The van der Waals surface area contributed by atoms with Crippen LogP contribution in [0.15, 0.2) is 35.3 Å². The Hall–Kier alpha value is -1.29. The van der Waals surface area contributed by atoms with Crippen molar-refractivity contribution in [3.05, 3.63) is 35.9 Å². The minimum atomic E-state index is -0.161. The van der Waals surface area contributed by atoms with Crippen LogP contribution in [0.2, 0.25) is 0 Å². The molecule has 1 aliphatic heterocycles. The predicted molar refractivity (Wildman–Crippen MR) is 98.1 cm³/mol. The molecule has 0 spiro atoms. The fourth-order valence-corrected chi connectivity index (χ4v) is 7.02. The number of aliphatic imine (C=N–C) groups is 1. The van der Waals surface area contributed by atoms with Crippen molar-refractivity contribution in [2.24, 2.45) is 22.2 Å². The highest BCUT2D eigenvalue weighted by Crippen LogP contribution is 2.65. The first-order valence-corrected chi connectivity index (χ1v) is 10.2. The maximum absolute atomic E-state index is 13.2. The molecule has 4 heteroatoms. The quantitative estimate of drug-likeness (QED) is 0.891. The molecule has 4 saturated carbocycles. The van der Waals surface area contributed by atoms with Crippen molar-refractivity contribution in [1.29, 1.82) is 0 Å². The van der Waals surface area contributed by atoms with Crippen LogP contribution in [0.3, 0.4) is 0 Å². The first-order chi connectivity index (χ1) is 11.7. The van der Waals surface area contributed by atoms with E-state index in [4.69, 9.17) is 0 Å². The molecule has 1 N–H and O–H groups in total. The molecule has 4 bridgehead atoms. The minimum absolute atomic E-state index is 0.161. The molecule has 1 aromatic rings. The summed E-state index contributed by atoms with van der Waals surface area (Å²) >= 11 is 1.69. The zero-order valence-electron chi connectivity index (χ0n) is 14.0. The molecular formula is C20H24N2OS. The Morgan fingerprint density at radius 3 is 2.54 bits per heavy atom. The molecule has 24 heavy (non-hydrogen) atoms. The average Bonchev–Trinajstić information content (AvgIpc) is 3.07. The summed E-state index contributed by atoms with van der Waals surface area (Å²) in [6.07, 6.45) is 7.08. The minimum Gasteiger partial charge on any atom is -0.305 e. The molecule has 1 aromatic carbocycles. The molecule has 126 valence electrons. The number of rotatable bonds is 2. The molecule has 4 fully saturated rings. The fraction of sp³-hybridized carbons (Fsp3) is 0.600. The second-order valence-electron chi connectivity index (χ2n) is 8.38. The lowest BCUT2D eigenvalue weighted by Crippen LogP contribution is -2.59. The van der Waals surface area contributed by atoms with Gasteiger partial charge in [0.15, 0.2) is 5.17 Å². The Balaban J connectivity index is 1.48. The SMILES string of the molecule is O=C(NC1=NCCS1)C12C[C@H]3C[C@@H](C1)CC(c1ccccc1)(C3)C2. The molecular weight excluding hydrogens is 316 g/mol. The van der Waals surface area contributed by atoms with E-state index in [9.17, 15) is 4.79 Å². The molecule has 1 amide bonds. The van der Waals surface area contributed by atoms with Gasteiger partial charge in [-0.05, 0) is 61.3 Å². The van der Waals surface area contributed by atoms with Gasteiger partial charge >= 0.3 is 0 Å². The van der Waals surface area contributed by atoms with Gasteiger partial charge in [-0.3, -0.25) is 9.79 Å². The van der Waals surface area contributed by atoms with E-state index in [-0.39, 0.29) is 16.7 Å². The molecule has 4 atom stereocenters. The molecule has 4 aliphatic carbocycles. The van der Waals surface area contributed by atoms with Gasteiger partial charge in [0.05, 0.1) is 12.0 Å². The Morgan fingerprint density at radius 2 is 1.88 bits per heavy atom. The normalized spacial score (nSPS) is 39.8. The number of amidine groups is 1. The van der Waals surface area contributed by atoms with E-state index in [1.807, 2.05) is 0 Å². The Labute approximate surface area is 147 Å². The highest BCUT2D eigenvalue weighted by molar-refractivity contribution is 8.14. The lowest BCUT2D eigenvalue weighted by atomic mass is 9.42. The molecule has 0 saturated heterocycles. The number of amides is 1. The van der Waals surface area contributed by atoms with Gasteiger partial charge in [0, 0.05) is 5.75 Å². The first-order valence-electron chi connectivity index (χ1n) is 9.22. The third-order valence-electron chi connectivity index (χ3n) is 6.73. The highest BCUT2D eigenvalue weighted by Gasteiger charge is 2.61. The number of benzene rings is 1. The second-order valence-corrected chi connectivity index (χ2v) is 9.46. The number of thioether (sulfide) groups is 1. The van der Waals surface area contributed by atoms with Crippen molar-refractivity contribution in [3.8, 4) is 0 Å². The monoisotopic (exact) mass is 340 g/mol. The summed E-state index contributed by atoms with van der Waals surface area (Å²) in [7, 11) is 0. The van der Waals surface area contributed by atoms with Crippen molar-refractivity contribution in [1.82, 2.24) is 5.32 Å². The molecule has 3 nitrogen and oxygen atoms in total. The highest BCUT2D eigenvalue weighted by atomic mass is 32.2. The van der Waals surface area contributed by atoms with E-state index >= 15 is 0 Å². The largest absolute Gasteiger partial charge is 0.305 e. The van der Waals surface area contributed by atoms with Crippen molar-refractivity contribution in [3.63, 3.8) is 0 Å². The van der Waals surface area contributed by atoms with Crippen molar-refractivity contribution >= 4 is 22.8 Å². The molecule has 0 aromatic heterocycles. The first kappa shape index (κ1) is 15.0. The fourth-order valence-electron chi connectivity index (χ4n) is 6.30. The summed E-state index contributed by atoms with van der Waals surface area (Å²) in [5.74, 6) is 2.69. The van der Waals surface area contributed by atoms with Crippen molar-refractivity contribution in [2.45, 2.75) is 43.9 Å². The van der Waals surface area contributed by atoms with E-state index in [1.54, 1.807) is 11.8 Å². The third-order valence-corrected chi connectivity index (χ3v) is 7.63. The van der Waals surface area contributed by atoms with E-state index in [1.165, 1.54) is 24.8 Å². The van der Waals surface area contributed by atoms with Crippen LogP contribution in [-0.4, -0.2) is 23.4 Å². The van der Waals surface area contributed by atoms with Crippen LogP contribution in [-0.2, 0) is 10.2 Å². The van der Waals surface area contributed by atoms with Gasteiger partial charge in [-0.15, -0.1) is 0 Å². The third kappa shape index (κ3) is 2.26. The summed E-state index contributed by atoms with van der Waals surface area (Å²) in [6.45, 7) is 0.840. The van der Waals surface area contributed by atoms with Crippen LogP contribution in [0, 0.1) is 17.3 Å². The van der Waals surface area contributed by atoms with Crippen molar-refractivity contribution < 1.29 is 4.79 Å². The van der Waals surface area contributed by atoms with Crippen LogP contribution < -0.4 is 5.32 Å². The van der Waals surface area contributed by atoms with Gasteiger partial charge in [0.25, 0.3) is 0 Å². The van der Waals surface area contributed by atoms with E-state index in [2.05, 4.69) is 40.6 Å². The van der Waals surface area contributed by atoms with Crippen LogP contribution in [0.1, 0.15) is 44.1 Å². The summed E-state index contributed by atoms with van der Waals surface area (Å²) in [5, 5.41) is 4.03. The van der Waals surface area contributed by atoms with Crippen LogP contribution in [0.4, 0.5) is 0 Å². The Kier molecular flexibility index (Phi) is 3.35. The van der Waals surface area contributed by atoms with Gasteiger partial charge < -0.3 is 5.32 Å². The smallest absolute Gasteiger partial charge is 0.232 e. The van der Waals surface area contributed by atoms with E-state index in [0.29, 0.717) is 0 Å². The second kappa shape index (κ2) is 5.35. The van der Waals surface area contributed by atoms with E-state index in [0.717, 1.165) is 48.6 Å². The van der Waals surface area contributed by atoms with Gasteiger partial charge in [0.2, 0.25) is 5.91 Å². The number of nitrogens with one attached hydrogen (secondary N) is 1. The number of hydrogen-bond donors (Lipinski definition) is 1. The summed E-state index contributed by atoms with van der Waals surface area (Å²) in [5.41, 5.74) is 1.53. The maximum Gasteiger partial charge on any atom is 0.232 e. The zero-order chi connectivity index (χ0) is 16.2. The molecule has 5 aliphatic rings. The topological polar surface area (TPSA) is 41.5 Å². The molecule has 6 rings (SSSR count). The van der Waals surface area contributed by atoms with Crippen LogP contribution in [0.5, 0.6) is 0 Å². The Morgan fingerprint density at radius 1 is 1.12 bits per heavy atom. The van der Waals surface area contributed by atoms with Gasteiger partial charge in [-0.25, -0.2) is 0 Å². The summed E-state index contributed by atoms with van der Waals surface area (Å²) < 4.78 is 0. The number of hydrogen-bond acceptors (Lipinski definition) is 3. The predicted octanol–water partition coefficient (Wildman–Crippen LogP) is 3.74. The van der Waals surface area contributed by atoms with Gasteiger partial charge in [0.1, 0.15) is 0 Å². The molecule has 0 radical (unpaired) electrons. The standard InChI is InChI=1S/C20H24N2OS/c23-17(22-18-21-6-7-24-18)20-11-14-8-15(12-20)10-19(9-14,13-20)16-4-2-1-3-5-16/h1-5,14-15H,6-13H2,(H,21,22,23)/t14-,15+,19?,20?. The van der Waals surface area contributed by atoms with Gasteiger partial charge in [-0.1, -0.05) is 42.1 Å². The van der Waals surface area contributed by atoms with E-state index < -0.39 is 0 Å². The summed E-state index contributed by atoms with van der Waals surface area (Å²) in [6, 6.07) is 11.0. The summed E-state index contributed by atoms with van der Waals surface area (Å²) in [4.78, 5) is 17.6. The van der Waals surface area contributed by atoms with Crippen LogP contribution >= 0.6 is 11.8 Å². The lowest BCUT2D eigenvalue weighted by molar-refractivity contribution is -0.147. The molecule has 1 heterocycles. The maximum atomic E-state index is 13.2. The number of nitrogens with zero attached hydrogens (tertiary/aromatic N) is 1. The average molecular weight is 340 g/mol.